The first-order chi connectivity index (χ1) is 13.4. The Hall–Kier alpha value is -1.32. The maximum atomic E-state index is 12.7. The fourth-order valence-corrected chi connectivity index (χ4v) is 6.18. The van der Waals surface area contributed by atoms with Crippen LogP contribution in [-0.4, -0.2) is 55.9 Å². The third-order valence-corrected chi connectivity index (χ3v) is 8.28. The molecule has 0 radical (unpaired) electrons. The van der Waals surface area contributed by atoms with Crippen molar-refractivity contribution in [3.8, 4) is 0 Å². The van der Waals surface area contributed by atoms with E-state index in [1.807, 2.05) is 13.8 Å². The fourth-order valence-electron chi connectivity index (χ4n) is 4.39. The average molecular weight is 435 g/mol. The van der Waals surface area contributed by atoms with Gasteiger partial charge in [0.1, 0.15) is 0 Å². The first-order valence-corrected chi connectivity index (χ1v) is 11.6. The number of nitrogens with zero attached hydrogens (tertiary/aromatic N) is 2. The minimum atomic E-state index is -4.68. The Morgan fingerprint density at radius 1 is 1.07 bits per heavy atom. The van der Waals surface area contributed by atoms with Crippen molar-refractivity contribution >= 4 is 15.7 Å². The number of rotatable bonds is 5. The topological polar surface area (TPSA) is 60.9 Å². The summed E-state index contributed by atoms with van der Waals surface area (Å²) in [7, 11) is -3.22. The van der Waals surface area contributed by atoms with Gasteiger partial charge < -0.3 is 10.0 Å². The summed E-state index contributed by atoms with van der Waals surface area (Å²) in [6, 6.07) is 5.87. The maximum absolute atomic E-state index is 12.7. The molecule has 1 spiro atoms. The molecule has 2 aliphatic heterocycles. The number of hydrogen-bond acceptors (Lipinski definition) is 4. The van der Waals surface area contributed by atoms with Gasteiger partial charge in [-0.1, -0.05) is 26.0 Å². The lowest BCUT2D eigenvalue weighted by Gasteiger charge is -2.39. The molecule has 2 heterocycles. The quantitative estimate of drug-likeness (QED) is 0.770. The number of hydrogen-bond donors (Lipinski definition) is 1. The van der Waals surface area contributed by atoms with E-state index in [1.54, 1.807) is 16.4 Å². The van der Waals surface area contributed by atoms with Crippen LogP contribution in [0.5, 0.6) is 0 Å². The van der Waals surface area contributed by atoms with Gasteiger partial charge in [-0.05, 0) is 48.3 Å². The van der Waals surface area contributed by atoms with Crippen LogP contribution in [0.25, 0.3) is 0 Å². The van der Waals surface area contributed by atoms with Crippen molar-refractivity contribution in [3.63, 3.8) is 0 Å². The van der Waals surface area contributed by atoms with E-state index in [1.165, 1.54) is 12.1 Å². The molecule has 0 aliphatic carbocycles. The summed E-state index contributed by atoms with van der Waals surface area (Å²) in [6.45, 7) is 6.42. The molecular formula is C20H29F3N2O3S. The molecule has 1 unspecified atom stereocenters. The van der Waals surface area contributed by atoms with Gasteiger partial charge in [0.25, 0.3) is 0 Å². The first kappa shape index (κ1) is 22.4. The van der Waals surface area contributed by atoms with Crippen LogP contribution in [0, 0.1) is 11.3 Å². The standard InChI is InChI=1S/C20H29F3N2O3S/c1-15(2)13-29(27,28)25-11-8-19(9-12-25)7-10-24(14-19)17-5-3-16(4-6-17)18(26)20(21,22)23/h3-6,15,18,26H,7-14H2,1-2H3. The van der Waals surface area contributed by atoms with E-state index >= 15 is 0 Å². The van der Waals surface area contributed by atoms with Gasteiger partial charge in [0.05, 0.1) is 5.75 Å². The van der Waals surface area contributed by atoms with Crippen molar-refractivity contribution in [2.45, 2.75) is 45.4 Å². The molecule has 3 rings (SSSR count). The van der Waals surface area contributed by atoms with Gasteiger partial charge in [0.15, 0.2) is 6.10 Å². The number of anilines is 1. The monoisotopic (exact) mass is 434 g/mol. The molecule has 1 N–H and O–H groups in total. The van der Waals surface area contributed by atoms with Crippen LogP contribution in [0.2, 0.25) is 0 Å². The third kappa shape index (κ3) is 5.06. The molecule has 5 nitrogen and oxygen atoms in total. The van der Waals surface area contributed by atoms with E-state index < -0.39 is 22.3 Å². The highest BCUT2D eigenvalue weighted by Crippen LogP contribution is 2.43. The normalized spacial score (nSPS) is 21.8. The van der Waals surface area contributed by atoms with Gasteiger partial charge >= 0.3 is 6.18 Å². The van der Waals surface area contributed by atoms with Gasteiger partial charge in [-0.25, -0.2) is 12.7 Å². The van der Waals surface area contributed by atoms with Crippen molar-refractivity contribution in [2.24, 2.45) is 11.3 Å². The molecule has 1 aromatic rings. The van der Waals surface area contributed by atoms with E-state index in [9.17, 15) is 26.7 Å². The number of aliphatic hydroxyl groups excluding tert-OH is 1. The molecule has 9 heteroatoms. The Bertz CT molecular complexity index is 801. The van der Waals surface area contributed by atoms with Gasteiger partial charge in [-0.3, -0.25) is 0 Å². The van der Waals surface area contributed by atoms with Gasteiger partial charge in [0.2, 0.25) is 10.0 Å². The first-order valence-electron chi connectivity index (χ1n) is 9.99. The zero-order chi connectivity index (χ0) is 21.4. The lowest BCUT2D eigenvalue weighted by molar-refractivity contribution is -0.206. The molecule has 0 aromatic heterocycles. The molecule has 0 bridgehead atoms. The summed E-state index contributed by atoms with van der Waals surface area (Å²) in [5.74, 6) is 0.263. The Labute approximate surface area is 170 Å². The maximum Gasteiger partial charge on any atom is 0.418 e. The van der Waals surface area contributed by atoms with Crippen LogP contribution < -0.4 is 4.90 Å². The fraction of sp³-hybridized carbons (Fsp3) is 0.700. The van der Waals surface area contributed by atoms with Gasteiger partial charge in [-0.15, -0.1) is 0 Å². The van der Waals surface area contributed by atoms with Gasteiger partial charge in [-0.2, -0.15) is 13.2 Å². The predicted octanol–water partition coefficient (Wildman–Crippen LogP) is 3.56. The number of alkyl halides is 3. The molecule has 29 heavy (non-hydrogen) atoms. The third-order valence-electron chi connectivity index (χ3n) is 6.04. The molecule has 0 saturated carbocycles. The SMILES string of the molecule is CC(C)CS(=O)(=O)N1CCC2(CCN(c3ccc(C(O)C(F)(F)F)cc3)C2)CC1. The van der Waals surface area contributed by atoms with Crippen molar-refractivity contribution in [2.75, 3.05) is 36.8 Å². The summed E-state index contributed by atoms with van der Waals surface area (Å²) >= 11 is 0. The second-order valence-corrected chi connectivity index (χ2v) is 10.8. The van der Waals surface area contributed by atoms with E-state index in [4.69, 9.17) is 0 Å². The van der Waals surface area contributed by atoms with E-state index in [0.717, 1.165) is 38.0 Å². The zero-order valence-corrected chi connectivity index (χ0v) is 17.6. The lowest BCUT2D eigenvalue weighted by Crippen LogP contribution is -2.45. The van der Waals surface area contributed by atoms with Crippen molar-refractivity contribution in [1.29, 1.82) is 0 Å². The number of aliphatic hydroxyl groups is 1. The molecule has 1 atom stereocenters. The number of benzene rings is 1. The van der Waals surface area contributed by atoms with Crippen LogP contribution in [0.4, 0.5) is 18.9 Å². The highest BCUT2D eigenvalue weighted by Gasteiger charge is 2.43. The predicted molar refractivity (Wildman–Crippen MR) is 106 cm³/mol. The molecule has 1 aromatic carbocycles. The summed E-state index contributed by atoms with van der Waals surface area (Å²) in [5, 5.41) is 9.36. The Kier molecular flexibility index (Phi) is 6.23. The van der Waals surface area contributed by atoms with Gasteiger partial charge in [0, 0.05) is 31.9 Å². The summed E-state index contributed by atoms with van der Waals surface area (Å²) < 4.78 is 64.5. The highest BCUT2D eigenvalue weighted by atomic mass is 32.2. The number of halogens is 3. The van der Waals surface area contributed by atoms with Crippen LogP contribution in [0.3, 0.4) is 0 Å². The number of sulfonamides is 1. The summed E-state index contributed by atoms with van der Waals surface area (Å²) in [6.07, 6.45) is -4.61. The van der Waals surface area contributed by atoms with Crippen molar-refractivity contribution in [1.82, 2.24) is 4.31 Å². The molecule has 0 amide bonds. The minimum Gasteiger partial charge on any atom is -0.379 e. The summed E-state index contributed by atoms with van der Waals surface area (Å²) in [4.78, 5) is 2.14. The van der Waals surface area contributed by atoms with E-state index in [0.29, 0.717) is 13.1 Å². The van der Waals surface area contributed by atoms with Crippen LogP contribution in [0.1, 0.15) is 44.8 Å². The second-order valence-electron chi connectivity index (χ2n) is 8.78. The Morgan fingerprint density at radius 2 is 1.62 bits per heavy atom. The van der Waals surface area contributed by atoms with Crippen LogP contribution >= 0.6 is 0 Å². The van der Waals surface area contributed by atoms with Crippen molar-refractivity contribution in [3.05, 3.63) is 29.8 Å². The lowest BCUT2D eigenvalue weighted by atomic mass is 9.78. The number of piperidine rings is 1. The highest BCUT2D eigenvalue weighted by molar-refractivity contribution is 7.89. The van der Waals surface area contributed by atoms with E-state index in [-0.39, 0.29) is 22.6 Å². The zero-order valence-electron chi connectivity index (χ0n) is 16.8. The molecule has 2 saturated heterocycles. The molecule has 164 valence electrons. The van der Waals surface area contributed by atoms with Crippen LogP contribution in [0.15, 0.2) is 24.3 Å². The Morgan fingerprint density at radius 3 is 2.14 bits per heavy atom. The smallest absolute Gasteiger partial charge is 0.379 e. The average Bonchev–Trinajstić information content (AvgIpc) is 3.03. The second kappa shape index (κ2) is 8.07. The Balaban J connectivity index is 1.61. The summed E-state index contributed by atoms with van der Waals surface area (Å²) in [5.41, 5.74) is 0.710. The minimum absolute atomic E-state index is 0.0496. The van der Waals surface area contributed by atoms with Crippen molar-refractivity contribution < 1.29 is 26.7 Å². The van der Waals surface area contributed by atoms with Crippen LogP contribution in [-0.2, 0) is 10.0 Å². The molecular weight excluding hydrogens is 405 g/mol. The molecule has 2 aliphatic rings. The largest absolute Gasteiger partial charge is 0.418 e. The van der Waals surface area contributed by atoms with E-state index in [2.05, 4.69) is 4.90 Å². The molecule has 2 fully saturated rings.